The Morgan fingerprint density at radius 3 is 2.71 bits per heavy atom. The summed E-state index contributed by atoms with van der Waals surface area (Å²) in [5, 5.41) is 11.1. The van der Waals surface area contributed by atoms with Gasteiger partial charge in [-0.05, 0) is 13.0 Å². The largest absolute Gasteiger partial charge is 0.458 e. The van der Waals surface area contributed by atoms with Crippen LogP contribution in [0.3, 0.4) is 0 Å². The van der Waals surface area contributed by atoms with Gasteiger partial charge in [0.05, 0.1) is 11.5 Å². The van der Waals surface area contributed by atoms with Crippen LogP contribution in [-0.2, 0) is 9.53 Å². The molecule has 1 aromatic carbocycles. The lowest BCUT2D eigenvalue weighted by Gasteiger charge is -2.00. The summed E-state index contributed by atoms with van der Waals surface area (Å²) in [6.45, 7) is 1.65. The van der Waals surface area contributed by atoms with E-state index in [9.17, 15) is 14.9 Å². The van der Waals surface area contributed by atoms with Crippen LogP contribution >= 0.6 is 11.6 Å². The average molecular weight is 256 g/mol. The first-order chi connectivity index (χ1) is 8.06. The summed E-state index contributed by atoms with van der Waals surface area (Å²) in [6, 6.07) is 6.51. The molecule has 0 aromatic heterocycles. The van der Waals surface area contributed by atoms with E-state index in [4.69, 9.17) is 11.6 Å². The number of carbonyl (C=O) groups is 1. The van der Waals surface area contributed by atoms with Gasteiger partial charge in [0.15, 0.2) is 0 Å². The van der Waals surface area contributed by atoms with E-state index < -0.39 is 16.6 Å². The molecule has 0 unspecified atom stereocenters. The lowest BCUT2D eigenvalue weighted by atomic mass is 10.2. The molecule has 0 aliphatic rings. The van der Waals surface area contributed by atoms with Gasteiger partial charge in [0.1, 0.15) is 0 Å². The highest BCUT2D eigenvalue weighted by molar-refractivity contribution is 6.32. The summed E-state index contributed by atoms with van der Waals surface area (Å²) in [6.07, 6.45) is 1.10. The number of halogens is 1. The van der Waals surface area contributed by atoms with Gasteiger partial charge in [-0.2, -0.15) is 0 Å². The highest BCUT2D eigenvalue weighted by Gasteiger charge is 2.23. The maximum atomic E-state index is 11.3. The number of hydrogen-bond donors (Lipinski definition) is 0. The Hall–Kier alpha value is -1.88. The smallest absolute Gasteiger partial charge is 0.409 e. The van der Waals surface area contributed by atoms with E-state index >= 15 is 0 Å². The first-order valence-electron chi connectivity index (χ1n) is 4.84. The van der Waals surface area contributed by atoms with Crippen molar-refractivity contribution in [3.05, 3.63) is 50.7 Å². The maximum Gasteiger partial charge on any atom is 0.409 e. The van der Waals surface area contributed by atoms with Crippen LogP contribution in [0, 0.1) is 10.1 Å². The van der Waals surface area contributed by atoms with Crippen molar-refractivity contribution in [2.75, 3.05) is 6.61 Å². The third-order valence-electron chi connectivity index (χ3n) is 1.88. The van der Waals surface area contributed by atoms with Crippen molar-refractivity contribution < 1.29 is 14.5 Å². The Bertz CT molecular complexity index is 470. The molecular weight excluding hydrogens is 246 g/mol. The van der Waals surface area contributed by atoms with Gasteiger partial charge in [-0.3, -0.25) is 10.1 Å². The van der Waals surface area contributed by atoms with Crippen molar-refractivity contribution in [3.8, 4) is 0 Å². The third-order valence-corrected chi connectivity index (χ3v) is 2.22. The van der Waals surface area contributed by atoms with Gasteiger partial charge >= 0.3 is 11.7 Å². The van der Waals surface area contributed by atoms with Gasteiger partial charge < -0.3 is 4.74 Å². The number of nitro groups is 1. The molecule has 90 valence electrons. The fraction of sp³-hybridized carbons (Fsp3) is 0.182. The molecule has 0 fully saturated rings. The molecule has 0 aliphatic carbocycles. The Morgan fingerprint density at radius 2 is 2.18 bits per heavy atom. The van der Waals surface area contributed by atoms with Crippen molar-refractivity contribution in [1.29, 1.82) is 0 Å². The second kappa shape index (κ2) is 6.00. The monoisotopic (exact) mass is 255 g/mol. The van der Waals surface area contributed by atoms with Gasteiger partial charge in [-0.15, -0.1) is 0 Å². The lowest BCUT2D eigenvalue weighted by Crippen LogP contribution is -2.14. The minimum atomic E-state index is -0.975. The number of carbonyl (C=O) groups excluding carboxylic acids is 1. The molecule has 0 N–H and O–H groups in total. The summed E-state index contributed by atoms with van der Waals surface area (Å²) in [7, 11) is 0. The Labute approximate surface area is 103 Å². The zero-order chi connectivity index (χ0) is 12.8. The molecule has 0 bridgehead atoms. The zero-order valence-corrected chi connectivity index (χ0v) is 9.81. The van der Waals surface area contributed by atoms with Crippen molar-refractivity contribution in [2.45, 2.75) is 6.92 Å². The number of hydrogen-bond acceptors (Lipinski definition) is 4. The molecule has 0 aliphatic heterocycles. The first kappa shape index (κ1) is 13.2. The third kappa shape index (κ3) is 3.57. The first-order valence-corrected chi connectivity index (χ1v) is 5.21. The van der Waals surface area contributed by atoms with Crippen LogP contribution in [0.25, 0.3) is 6.08 Å². The summed E-state index contributed by atoms with van der Waals surface area (Å²) in [4.78, 5) is 21.3. The zero-order valence-electron chi connectivity index (χ0n) is 9.05. The predicted molar refractivity (Wildman–Crippen MR) is 63.1 cm³/mol. The van der Waals surface area contributed by atoms with E-state index in [1.54, 1.807) is 31.2 Å². The predicted octanol–water partition coefficient (Wildman–Crippen LogP) is 2.52. The number of ether oxygens (including phenoxy) is 1. The number of esters is 1. The molecule has 0 amide bonds. The lowest BCUT2D eigenvalue weighted by molar-refractivity contribution is -0.419. The molecule has 0 spiro atoms. The van der Waals surface area contributed by atoms with Crippen LogP contribution in [0.2, 0.25) is 5.02 Å². The molecular formula is C11H10ClNO4. The minimum Gasteiger partial charge on any atom is -0.458 e. The number of nitrogens with zero attached hydrogens (tertiary/aromatic N) is 1. The summed E-state index contributed by atoms with van der Waals surface area (Å²) >= 11 is 5.84. The van der Waals surface area contributed by atoms with Gasteiger partial charge in [0.2, 0.25) is 0 Å². The molecule has 17 heavy (non-hydrogen) atoms. The van der Waals surface area contributed by atoms with E-state index in [1.807, 2.05) is 0 Å². The van der Waals surface area contributed by atoms with Crippen LogP contribution in [-0.4, -0.2) is 17.5 Å². The molecule has 0 atom stereocenters. The number of benzene rings is 1. The van der Waals surface area contributed by atoms with Crippen LogP contribution in [0.15, 0.2) is 30.0 Å². The molecule has 0 saturated carbocycles. The fourth-order valence-electron chi connectivity index (χ4n) is 1.13. The van der Waals surface area contributed by atoms with Crippen molar-refractivity contribution in [1.82, 2.24) is 0 Å². The minimum absolute atomic E-state index is 0.0759. The Morgan fingerprint density at radius 1 is 1.53 bits per heavy atom. The molecule has 5 nitrogen and oxygen atoms in total. The molecule has 1 rings (SSSR count). The second-order valence-electron chi connectivity index (χ2n) is 3.03. The maximum absolute atomic E-state index is 11.3. The quantitative estimate of drug-likeness (QED) is 0.359. The Balaban J connectivity index is 3.11. The van der Waals surface area contributed by atoms with Gasteiger partial charge in [0.25, 0.3) is 0 Å². The average Bonchev–Trinajstić information content (AvgIpc) is 2.27. The van der Waals surface area contributed by atoms with Crippen molar-refractivity contribution in [2.24, 2.45) is 0 Å². The topological polar surface area (TPSA) is 69.4 Å². The molecule has 0 radical (unpaired) electrons. The molecule has 0 saturated heterocycles. The molecule has 6 heteroatoms. The SMILES string of the molecule is CCOC(=O)/C(=C/c1ccccc1Cl)[N+](=O)[O-]. The number of rotatable bonds is 4. The highest BCUT2D eigenvalue weighted by atomic mass is 35.5. The van der Waals surface area contributed by atoms with E-state index in [0.717, 1.165) is 6.08 Å². The fourth-order valence-corrected chi connectivity index (χ4v) is 1.32. The van der Waals surface area contributed by atoms with E-state index in [0.29, 0.717) is 10.6 Å². The molecule has 1 aromatic rings. The second-order valence-corrected chi connectivity index (χ2v) is 3.44. The van der Waals surface area contributed by atoms with Crippen LogP contribution in [0.4, 0.5) is 0 Å². The Kier molecular flexibility index (Phi) is 4.66. The summed E-state index contributed by atoms with van der Waals surface area (Å²) in [5.41, 5.74) is -0.242. The normalized spacial score (nSPS) is 11.1. The van der Waals surface area contributed by atoms with Crippen LogP contribution in [0.5, 0.6) is 0 Å². The summed E-state index contributed by atoms with van der Waals surface area (Å²) < 4.78 is 4.59. The standard InChI is InChI=1S/C11H10ClNO4/c1-2-17-11(14)10(13(15)16)7-8-5-3-4-6-9(8)12/h3-7H,2H2,1H3/b10-7-. The van der Waals surface area contributed by atoms with Gasteiger partial charge in [-0.1, -0.05) is 29.8 Å². The van der Waals surface area contributed by atoms with Gasteiger partial charge in [-0.25, -0.2) is 4.79 Å². The highest BCUT2D eigenvalue weighted by Crippen LogP contribution is 2.18. The van der Waals surface area contributed by atoms with E-state index in [-0.39, 0.29) is 6.61 Å². The van der Waals surface area contributed by atoms with Gasteiger partial charge in [0, 0.05) is 16.7 Å². The van der Waals surface area contributed by atoms with Crippen molar-refractivity contribution in [3.63, 3.8) is 0 Å². The van der Waals surface area contributed by atoms with Crippen LogP contribution in [0.1, 0.15) is 12.5 Å². The van der Waals surface area contributed by atoms with E-state index in [2.05, 4.69) is 4.74 Å². The summed E-state index contributed by atoms with van der Waals surface area (Å²) in [5.74, 6) is -0.975. The van der Waals surface area contributed by atoms with E-state index in [1.165, 1.54) is 0 Å². The molecule has 0 heterocycles. The van der Waals surface area contributed by atoms with Crippen LogP contribution < -0.4 is 0 Å². The van der Waals surface area contributed by atoms with Crippen molar-refractivity contribution >= 4 is 23.6 Å².